The van der Waals surface area contributed by atoms with Crippen LogP contribution in [0.1, 0.15) is 28.7 Å². The Bertz CT molecular complexity index is 650. The van der Waals surface area contributed by atoms with Crippen molar-refractivity contribution >= 4 is 5.91 Å². The largest absolute Gasteiger partial charge is 0.435 e. The van der Waals surface area contributed by atoms with E-state index in [0.29, 0.717) is 13.1 Å². The summed E-state index contributed by atoms with van der Waals surface area (Å²) in [5.74, 6) is -0.475. The Morgan fingerprint density at radius 2 is 1.91 bits per heavy atom. The van der Waals surface area contributed by atoms with E-state index in [4.69, 9.17) is 0 Å². The average molecular weight is 311 g/mol. The summed E-state index contributed by atoms with van der Waals surface area (Å²) in [6.45, 7) is 2.50. The van der Waals surface area contributed by atoms with E-state index < -0.39 is 17.8 Å². The summed E-state index contributed by atoms with van der Waals surface area (Å²) >= 11 is 0. The summed E-state index contributed by atoms with van der Waals surface area (Å²) in [7, 11) is 1.33. The highest BCUT2D eigenvalue weighted by molar-refractivity contribution is 5.92. The van der Waals surface area contributed by atoms with Crippen LogP contribution in [0.15, 0.2) is 36.4 Å². The van der Waals surface area contributed by atoms with Crippen LogP contribution in [0.25, 0.3) is 0 Å². The highest BCUT2D eigenvalue weighted by Gasteiger charge is 2.35. The standard InChI is InChI=1S/C15H16F3N3O/c1-3-21(10-11-7-5-4-6-8-11)14(22)12-9-13(15(16,17)18)19-20(12)2/h4-9H,3,10H2,1-2H3. The van der Waals surface area contributed by atoms with E-state index >= 15 is 0 Å². The van der Waals surface area contributed by atoms with Crippen molar-refractivity contribution in [1.29, 1.82) is 0 Å². The first-order valence-corrected chi connectivity index (χ1v) is 6.77. The molecule has 0 atom stereocenters. The predicted octanol–water partition coefficient (Wildman–Crippen LogP) is 3.10. The molecule has 7 heteroatoms. The molecule has 1 aromatic carbocycles. The summed E-state index contributed by atoms with van der Waals surface area (Å²) in [6, 6.07) is 10.1. The predicted molar refractivity (Wildman–Crippen MR) is 75.1 cm³/mol. The molecule has 0 aliphatic carbocycles. The van der Waals surface area contributed by atoms with Gasteiger partial charge in [0.25, 0.3) is 5.91 Å². The Balaban J connectivity index is 2.24. The molecule has 0 fully saturated rings. The molecule has 22 heavy (non-hydrogen) atoms. The van der Waals surface area contributed by atoms with E-state index in [1.54, 1.807) is 6.92 Å². The van der Waals surface area contributed by atoms with E-state index in [1.165, 1.54) is 11.9 Å². The summed E-state index contributed by atoms with van der Waals surface area (Å²) in [5.41, 5.74) is -0.227. The minimum atomic E-state index is -4.56. The molecule has 1 heterocycles. The number of rotatable bonds is 4. The topological polar surface area (TPSA) is 38.1 Å². The third-order valence-corrected chi connectivity index (χ3v) is 3.27. The number of alkyl halides is 3. The molecule has 0 aliphatic rings. The monoisotopic (exact) mass is 311 g/mol. The smallest absolute Gasteiger partial charge is 0.333 e. The van der Waals surface area contributed by atoms with Crippen LogP contribution in [0.3, 0.4) is 0 Å². The zero-order valence-electron chi connectivity index (χ0n) is 12.3. The summed E-state index contributed by atoms with van der Waals surface area (Å²) in [4.78, 5) is 13.9. The highest BCUT2D eigenvalue weighted by Crippen LogP contribution is 2.28. The van der Waals surface area contributed by atoms with Gasteiger partial charge in [-0.05, 0) is 12.5 Å². The van der Waals surface area contributed by atoms with Gasteiger partial charge in [-0.25, -0.2) is 0 Å². The van der Waals surface area contributed by atoms with Gasteiger partial charge in [-0.2, -0.15) is 18.3 Å². The first-order chi connectivity index (χ1) is 10.3. The van der Waals surface area contributed by atoms with Crippen molar-refractivity contribution in [3.05, 3.63) is 53.3 Å². The minimum absolute atomic E-state index is 0.0786. The van der Waals surface area contributed by atoms with E-state index in [9.17, 15) is 18.0 Å². The van der Waals surface area contributed by atoms with Crippen molar-refractivity contribution in [3.63, 3.8) is 0 Å². The fourth-order valence-electron chi connectivity index (χ4n) is 2.10. The number of carbonyl (C=O) groups is 1. The molecule has 0 saturated carbocycles. The molecule has 0 bridgehead atoms. The zero-order valence-corrected chi connectivity index (χ0v) is 12.3. The molecule has 0 unspecified atom stereocenters. The second-order valence-electron chi connectivity index (χ2n) is 4.84. The molecule has 0 saturated heterocycles. The van der Waals surface area contributed by atoms with Gasteiger partial charge in [-0.15, -0.1) is 0 Å². The van der Waals surface area contributed by atoms with Crippen LogP contribution in [0.4, 0.5) is 13.2 Å². The molecule has 1 amide bonds. The minimum Gasteiger partial charge on any atom is -0.333 e. The molecule has 0 N–H and O–H groups in total. The quantitative estimate of drug-likeness (QED) is 0.870. The second-order valence-corrected chi connectivity index (χ2v) is 4.84. The zero-order chi connectivity index (χ0) is 16.3. The lowest BCUT2D eigenvalue weighted by molar-refractivity contribution is -0.141. The molecule has 2 aromatic rings. The Morgan fingerprint density at radius 3 is 2.41 bits per heavy atom. The van der Waals surface area contributed by atoms with Crippen molar-refractivity contribution in [2.24, 2.45) is 7.05 Å². The van der Waals surface area contributed by atoms with E-state index in [-0.39, 0.29) is 5.69 Å². The maximum absolute atomic E-state index is 12.7. The summed E-state index contributed by atoms with van der Waals surface area (Å²) in [6.07, 6.45) is -4.56. The van der Waals surface area contributed by atoms with Gasteiger partial charge < -0.3 is 4.90 Å². The third kappa shape index (κ3) is 3.47. The van der Waals surface area contributed by atoms with Crippen LogP contribution in [0.5, 0.6) is 0 Å². The second kappa shape index (κ2) is 6.21. The van der Waals surface area contributed by atoms with Gasteiger partial charge in [0.15, 0.2) is 5.69 Å². The highest BCUT2D eigenvalue weighted by atomic mass is 19.4. The molecular formula is C15H16F3N3O. The Morgan fingerprint density at radius 1 is 1.27 bits per heavy atom. The summed E-state index contributed by atoms with van der Waals surface area (Å²) < 4.78 is 39.0. The maximum Gasteiger partial charge on any atom is 0.435 e. The lowest BCUT2D eigenvalue weighted by atomic mass is 10.2. The molecule has 0 aliphatic heterocycles. The van der Waals surface area contributed by atoms with Crippen molar-refractivity contribution < 1.29 is 18.0 Å². The average Bonchev–Trinajstić information content (AvgIpc) is 2.87. The van der Waals surface area contributed by atoms with Gasteiger partial charge in [0.1, 0.15) is 5.69 Å². The van der Waals surface area contributed by atoms with Crippen LogP contribution in [0, 0.1) is 0 Å². The van der Waals surface area contributed by atoms with Gasteiger partial charge in [0.05, 0.1) is 0 Å². The van der Waals surface area contributed by atoms with Gasteiger partial charge in [-0.1, -0.05) is 30.3 Å². The van der Waals surface area contributed by atoms with Crippen LogP contribution in [-0.2, 0) is 19.8 Å². The van der Waals surface area contributed by atoms with Crippen LogP contribution >= 0.6 is 0 Å². The van der Waals surface area contributed by atoms with Gasteiger partial charge in [0.2, 0.25) is 0 Å². The molecule has 118 valence electrons. The van der Waals surface area contributed by atoms with Crippen LogP contribution in [-0.4, -0.2) is 27.1 Å². The number of aryl methyl sites for hydroxylation is 1. The molecule has 2 rings (SSSR count). The Hall–Kier alpha value is -2.31. The van der Waals surface area contributed by atoms with Crippen LogP contribution in [0.2, 0.25) is 0 Å². The Kier molecular flexibility index (Phi) is 4.54. The normalized spacial score (nSPS) is 11.5. The number of amides is 1. The number of hydrogen-bond donors (Lipinski definition) is 0. The van der Waals surface area contributed by atoms with Crippen molar-refractivity contribution in [2.75, 3.05) is 6.54 Å². The van der Waals surface area contributed by atoms with E-state index in [0.717, 1.165) is 16.3 Å². The number of carbonyl (C=O) groups excluding carboxylic acids is 1. The lowest BCUT2D eigenvalue weighted by Gasteiger charge is -2.20. The molecule has 0 spiro atoms. The van der Waals surface area contributed by atoms with Crippen molar-refractivity contribution in [1.82, 2.24) is 14.7 Å². The molecule has 1 aromatic heterocycles. The number of halogens is 3. The lowest BCUT2D eigenvalue weighted by Crippen LogP contribution is -2.31. The fourth-order valence-corrected chi connectivity index (χ4v) is 2.10. The Labute approximate surface area is 126 Å². The first-order valence-electron chi connectivity index (χ1n) is 6.77. The molecule has 4 nitrogen and oxygen atoms in total. The van der Waals surface area contributed by atoms with Crippen molar-refractivity contribution in [2.45, 2.75) is 19.6 Å². The molecule has 0 radical (unpaired) electrons. The molecular weight excluding hydrogens is 295 g/mol. The van der Waals surface area contributed by atoms with E-state index in [1.807, 2.05) is 30.3 Å². The summed E-state index contributed by atoms with van der Waals surface area (Å²) in [5, 5.41) is 3.37. The SMILES string of the molecule is CCN(Cc1ccccc1)C(=O)c1cc(C(F)(F)F)nn1C. The number of benzene rings is 1. The fraction of sp³-hybridized carbons (Fsp3) is 0.333. The third-order valence-electron chi connectivity index (χ3n) is 3.27. The number of hydrogen-bond acceptors (Lipinski definition) is 2. The maximum atomic E-state index is 12.7. The van der Waals surface area contributed by atoms with Gasteiger partial charge >= 0.3 is 6.18 Å². The van der Waals surface area contributed by atoms with Crippen molar-refractivity contribution in [3.8, 4) is 0 Å². The van der Waals surface area contributed by atoms with E-state index in [2.05, 4.69) is 5.10 Å². The van der Waals surface area contributed by atoms with Gasteiger partial charge in [0, 0.05) is 26.2 Å². The number of nitrogens with zero attached hydrogens (tertiary/aromatic N) is 3. The number of aromatic nitrogens is 2. The van der Waals surface area contributed by atoms with Gasteiger partial charge in [-0.3, -0.25) is 9.48 Å². The van der Waals surface area contributed by atoms with Crippen LogP contribution < -0.4 is 0 Å². The first kappa shape index (κ1) is 16.1.